The zero-order valence-electron chi connectivity index (χ0n) is 7.34. The summed E-state index contributed by atoms with van der Waals surface area (Å²) in [5.41, 5.74) is 0. The molecule has 0 saturated heterocycles. The molecule has 0 fully saturated rings. The van der Waals surface area contributed by atoms with Crippen LogP contribution in [0.25, 0.3) is 0 Å². The molecule has 0 spiro atoms. The second kappa shape index (κ2) is 10.1. The van der Waals surface area contributed by atoms with Gasteiger partial charge in [-0.3, -0.25) is 19.3 Å². The van der Waals surface area contributed by atoms with Crippen molar-refractivity contribution in [2.45, 2.75) is 0 Å². The zero-order chi connectivity index (χ0) is 10.4. The van der Waals surface area contributed by atoms with E-state index >= 15 is 0 Å². The Morgan fingerprint density at radius 1 is 0.800 bits per heavy atom. The molecule has 0 aliphatic heterocycles. The van der Waals surface area contributed by atoms with Crippen LogP contribution in [0.15, 0.2) is 0 Å². The normalized spacial score (nSPS) is 8.60. The minimum absolute atomic E-state index is 0. The summed E-state index contributed by atoms with van der Waals surface area (Å²) in [5, 5.41) is 24.8. The van der Waals surface area contributed by atoms with E-state index in [1.54, 1.807) is 0 Å². The Hall–Kier alpha value is -0.410. The zero-order valence-corrected chi connectivity index (χ0v) is 7.34. The quantitative estimate of drug-likeness (QED) is 0.387. The van der Waals surface area contributed by atoms with Crippen LogP contribution in [0.1, 0.15) is 0 Å². The summed E-state index contributed by atoms with van der Waals surface area (Å²) in [6.07, 6.45) is 0. The van der Waals surface area contributed by atoms with Gasteiger partial charge in [-0.2, -0.15) is 0 Å². The predicted octanol–water partition coefficient (Wildman–Crippen LogP) is -2.21. The van der Waals surface area contributed by atoms with Crippen molar-refractivity contribution in [3.63, 3.8) is 0 Å². The van der Waals surface area contributed by atoms with Crippen molar-refractivity contribution in [3.8, 4) is 0 Å². The molecule has 0 aromatic rings. The standard InChI is InChI=1S/C6H9NO6.Ca.H3N.2H/c8-4(9)1-7(2-5(10)11)3-6(12)13;;;;/h1-3H2,(H,8,9)(H,10,11)(H,12,13);;1H3;;. The van der Waals surface area contributed by atoms with Crippen LogP contribution >= 0.6 is 0 Å². The molecule has 8 nitrogen and oxygen atoms in total. The second-order valence-electron chi connectivity index (χ2n) is 2.33. The Morgan fingerprint density at radius 3 is 1.13 bits per heavy atom. The summed E-state index contributed by atoms with van der Waals surface area (Å²) in [4.78, 5) is 31.2. The van der Waals surface area contributed by atoms with Gasteiger partial charge in [-0.15, -0.1) is 0 Å². The molecular weight excluding hydrogens is 236 g/mol. The fraction of sp³-hybridized carbons (Fsp3) is 0.500. The van der Waals surface area contributed by atoms with Gasteiger partial charge in [0.1, 0.15) is 0 Å². The van der Waals surface area contributed by atoms with Crippen LogP contribution in [0.5, 0.6) is 0 Å². The summed E-state index contributed by atoms with van der Waals surface area (Å²) in [5.74, 6) is -3.78. The summed E-state index contributed by atoms with van der Waals surface area (Å²) in [6, 6.07) is 0. The van der Waals surface area contributed by atoms with E-state index < -0.39 is 37.5 Å². The van der Waals surface area contributed by atoms with Crippen LogP contribution in [0.4, 0.5) is 0 Å². The number of hydrogen-bond donors (Lipinski definition) is 4. The van der Waals surface area contributed by atoms with E-state index in [1.807, 2.05) is 0 Å². The topological polar surface area (TPSA) is 150 Å². The van der Waals surface area contributed by atoms with Crippen LogP contribution in [-0.4, -0.2) is 95.5 Å². The van der Waals surface area contributed by atoms with Crippen LogP contribution in [0.2, 0.25) is 0 Å². The predicted molar refractivity (Wildman–Crippen MR) is 52.9 cm³/mol. The fourth-order valence-electron chi connectivity index (χ4n) is 0.742. The summed E-state index contributed by atoms with van der Waals surface area (Å²) < 4.78 is 0. The average Bonchev–Trinajstić information content (AvgIpc) is 1.80. The van der Waals surface area contributed by atoms with Gasteiger partial charge in [0, 0.05) is 0 Å². The monoisotopic (exact) mass is 250 g/mol. The second-order valence-corrected chi connectivity index (χ2v) is 2.33. The van der Waals surface area contributed by atoms with E-state index in [9.17, 15) is 14.4 Å². The Morgan fingerprint density at radius 2 is 1.00 bits per heavy atom. The van der Waals surface area contributed by atoms with Gasteiger partial charge in [0.15, 0.2) is 0 Å². The van der Waals surface area contributed by atoms with E-state index in [4.69, 9.17) is 15.3 Å². The van der Waals surface area contributed by atoms with E-state index in [2.05, 4.69) is 0 Å². The first kappa shape index (κ1) is 20.1. The Kier molecular flexibility index (Phi) is 13.5. The fourth-order valence-corrected chi connectivity index (χ4v) is 0.742. The van der Waals surface area contributed by atoms with Crippen molar-refractivity contribution >= 4 is 55.6 Å². The molecule has 0 unspecified atom stereocenters. The van der Waals surface area contributed by atoms with Crippen LogP contribution < -0.4 is 6.15 Å². The van der Waals surface area contributed by atoms with Gasteiger partial charge in [-0.25, -0.2) is 0 Å². The maximum absolute atomic E-state index is 10.1. The third-order valence-electron chi connectivity index (χ3n) is 1.08. The summed E-state index contributed by atoms with van der Waals surface area (Å²) in [6.45, 7) is -1.80. The number of nitrogens with zero attached hydrogens (tertiary/aromatic N) is 1. The van der Waals surface area contributed by atoms with Crippen LogP contribution in [0, 0.1) is 0 Å². The molecule has 0 saturated carbocycles. The molecule has 0 aliphatic carbocycles. The molecule has 6 N–H and O–H groups in total. The van der Waals surface area contributed by atoms with E-state index in [1.165, 1.54) is 0 Å². The molecule has 86 valence electrons. The molecular formula is C6H14CaN2O6. The van der Waals surface area contributed by atoms with Crippen LogP contribution in [-0.2, 0) is 14.4 Å². The number of hydrogen-bond acceptors (Lipinski definition) is 5. The van der Waals surface area contributed by atoms with Gasteiger partial charge in [-0.1, -0.05) is 0 Å². The minimum atomic E-state index is -1.26. The maximum atomic E-state index is 10.1. The number of carboxylic acid groups (broad SMARTS) is 3. The molecule has 0 amide bonds. The van der Waals surface area contributed by atoms with Gasteiger partial charge in [0.25, 0.3) is 0 Å². The number of rotatable bonds is 6. The van der Waals surface area contributed by atoms with Gasteiger partial charge in [0.2, 0.25) is 0 Å². The molecule has 0 rings (SSSR count). The van der Waals surface area contributed by atoms with E-state index in [-0.39, 0.29) is 43.9 Å². The first-order chi connectivity index (χ1) is 5.91. The molecule has 0 aromatic carbocycles. The first-order valence-electron chi connectivity index (χ1n) is 3.29. The third-order valence-corrected chi connectivity index (χ3v) is 1.08. The molecule has 0 atom stereocenters. The molecule has 15 heavy (non-hydrogen) atoms. The van der Waals surface area contributed by atoms with Gasteiger partial charge < -0.3 is 21.5 Å². The summed E-state index contributed by atoms with van der Waals surface area (Å²) >= 11 is 0. The van der Waals surface area contributed by atoms with Crippen molar-refractivity contribution in [2.24, 2.45) is 0 Å². The third kappa shape index (κ3) is 13.6. The Labute approximate surface area is 115 Å². The molecule has 0 radical (unpaired) electrons. The SMILES string of the molecule is N.O=C(O)CN(CC(=O)O)CC(=O)O.[CaH2]. The van der Waals surface area contributed by atoms with E-state index in [0.717, 1.165) is 4.90 Å². The van der Waals surface area contributed by atoms with Crippen molar-refractivity contribution in [1.82, 2.24) is 11.1 Å². The molecule has 0 heterocycles. The van der Waals surface area contributed by atoms with Gasteiger partial charge in [0.05, 0.1) is 19.6 Å². The molecule has 9 heteroatoms. The number of carbonyl (C=O) groups is 3. The van der Waals surface area contributed by atoms with Crippen molar-refractivity contribution in [1.29, 1.82) is 0 Å². The van der Waals surface area contributed by atoms with Gasteiger partial charge >= 0.3 is 55.6 Å². The van der Waals surface area contributed by atoms with E-state index in [0.29, 0.717) is 0 Å². The Bertz CT molecular complexity index is 196. The van der Waals surface area contributed by atoms with Crippen molar-refractivity contribution < 1.29 is 29.7 Å². The van der Waals surface area contributed by atoms with Gasteiger partial charge in [-0.05, 0) is 0 Å². The van der Waals surface area contributed by atoms with Crippen molar-refractivity contribution in [2.75, 3.05) is 19.6 Å². The molecule has 0 aromatic heterocycles. The summed E-state index contributed by atoms with van der Waals surface area (Å²) in [7, 11) is 0. The van der Waals surface area contributed by atoms with Crippen LogP contribution in [0.3, 0.4) is 0 Å². The number of aliphatic carboxylic acids is 3. The first-order valence-corrected chi connectivity index (χ1v) is 3.29. The number of carboxylic acids is 3. The molecule has 0 bridgehead atoms. The average molecular weight is 250 g/mol. The molecule has 0 aliphatic rings. The Balaban J connectivity index is -0.000000720. The van der Waals surface area contributed by atoms with Crippen molar-refractivity contribution in [3.05, 3.63) is 0 Å².